The highest BCUT2D eigenvalue weighted by atomic mass is 16.5. The Kier molecular flexibility index (Phi) is 4.85. The maximum absolute atomic E-state index is 9.68. The minimum Gasteiger partial charge on any atom is -0.366 e. The zero-order valence-corrected chi connectivity index (χ0v) is 5.68. The average Bonchev–Trinajstić information content (AvgIpc) is 1.85. The predicted octanol–water partition coefficient (Wildman–Crippen LogP) is 0.614. The zero-order chi connectivity index (χ0) is 7.11. The smallest absolute Gasteiger partial charge is 0.192 e. The molecule has 1 unspecified atom stereocenters. The van der Waals surface area contributed by atoms with Gasteiger partial charge in [-0.2, -0.15) is 0 Å². The Morgan fingerprint density at radius 1 is 1.78 bits per heavy atom. The largest absolute Gasteiger partial charge is 0.366 e. The van der Waals surface area contributed by atoms with E-state index in [1.165, 1.54) is 0 Å². The lowest BCUT2D eigenvalue weighted by atomic mass is 10.4. The summed E-state index contributed by atoms with van der Waals surface area (Å²) in [5.74, 6) is 4.87. The van der Waals surface area contributed by atoms with Gasteiger partial charge in [0, 0.05) is 6.61 Å². The van der Waals surface area contributed by atoms with Crippen LogP contribution in [0, 0.1) is 11.8 Å². The maximum atomic E-state index is 9.68. The van der Waals surface area contributed by atoms with Crippen LogP contribution in [0.25, 0.3) is 0 Å². The highest BCUT2D eigenvalue weighted by Gasteiger charge is 1.90. The summed E-state index contributed by atoms with van der Waals surface area (Å²) < 4.78 is 5.01. The monoisotopic (exact) mass is 126 g/mol. The predicted molar refractivity (Wildman–Crippen MR) is 34.9 cm³/mol. The summed E-state index contributed by atoms with van der Waals surface area (Å²) in [6.07, 6.45) is 0.440. The average molecular weight is 126 g/mol. The molecule has 0 spiro atoms. The van der Waals surface area contributed by atoms with Crippen molar-refractivity contribution in [1.29, 1.82) is 0 Å². The Morgan fingerprint density at radius 3 is 2.89 bits per heavy atom. The lowest BCUT2D eigenvalue weighted by Gasteiger charge is -2.00. The van der Waals surface area contributed by atoms with Gasteiger partial charge in [0.15, 0.2) is 6.29 Å². The first-order valence-electron chi connectivity index (χ1n) is 2.87. The molecule has 0 radical (unpaired) electrons. The van der Waals surface area contributed by atoms with Crippen LogP contribution in [0.3, 0.4) is 0 Å². The molecule has 0 saturated heterocycles. The summed E-state index contributed by atoms with van der Waals surface area (Å²) in [7, 11) is 0. The number of carbonyl (C=O) groups excluding carboxylic acids is 1. The highest BCUT2D eigenvalue weighted by molar-refractivity contribution is 5.72. The maximum Gasteiger partial charge on any atom is 0.192 e. The van der Waals surface area contributed by atoms with Crippen molar-refractivity contribution >= 4 is 6.29 Å². The van der Waals surface area contributed by atoms with Crippen molar-refractivity contribution < 1.29 is 9.53 Å². The number of hydrogen-bond donors (Lipinski definition) is 0. The first kappa shape index (κ1) is 8.19. The van der Waals surface area contributed by atoms with Gasteiger partial charge >= 0.3 is 0 Å². The van der Waals surface area contributed by atoms with Crippen LogP contribution in [-0.4, -0.2) is 19.0 Å². The molecule has 2 heteroatoms. The molecule has 0 N–H and O–H groups in total. The van der Waals surface area contributed by atoms with Crippen LogP contribution in [0.5, 0.6) is 0 Å². The van der Waals surface area contributed by atoms with Gasteiger partial charge in [0.05, 0.1) is 0 Å². The second-order valence-electron chi connectivity index (χ2n) is 1.50. The summed E-state index contributed by atoms with van der Waals surface area (Å²) >= 11 is 0. The second-order valence-corrected chi connectivity index (χ2v) is 1.50. The Bertz CT molecular complexity index is 130. The molecule has 1 atom stereocenters. The van der Waals surface area contributed by atoms with Crippen LogP contribution < -0.4 is 0 Å². The summed E-state index contributed by atoms with van der Waals surface area (Å²) in [5.41, 5.74) is 0. The Morgan fingerprint density at radius 2 is 2.44 bits per heavy atom. The number of hydrogen-bond acceptors (Lipinski definition) is 2. The number of carbonyl (C=O) groups is 1. The van der Waals surface area contributed by atoms with Gasteiger partial charge in [-0.25, -0.2) is 0 Å². The molecular weight excluding hydrogens is 116 g/mol. The van der Waals surface area contributed by atoms with Crippen molar-refractivity contribution in [1.82, 2.24) is 0 Å². The molecule has 0 saturated carbocycles. The molecule has 0 rings (SSSR count). The minimum absolute atomic E-state index is 0.125. The van der Waals surface area contributed by atoms with E-state index in [1.54, 1.807) is 6.92 Å². The van der Waals surface area contributed by atoms with Gasteiger partial charge in [0.1, 0.15) is 6.10 Å². The van der Waals surface area contributed by atoms with Crippen molar-refractivity contribution in [3.05, 3.63) is 0 Å². The van der Waals surface area contributed by atoms with E-state index in [2.05, 4.69) is 11.8 Å². The van der Waals surface area contributed by atoms with E-state index in [0.29, 0.717) is 12.9 Å². The van der Waals surface area contributed by atoms with Gasteiger partial charge in [-0.3, -0.25) is 4.79 Å². The summed E-state index contributed by atoms with van der Waals surface area (Å²) in [5, 5.41) is 0. The van der Waals surface area contributed by atoms with Crippen LogP contribution in [0.15, 0.2) is 0 Å². The fourth-order valence-electron chi connectivity index (χ4n) is 0.443. The molecule has 0 aliphatic heterocycles. The summed E-state index contributed by atoms with van der Waals surface area (Å²) in [4.78, 5) is 9.68. The second kappa shape index (κ2) is 5.33. The van der Waals surface area contributed by atoms with Gasteiger partial charge in [0.2, 0.25) is 0 Å². The van der Waals surface area contributed by atoms with E-state index >= 15 is 0 Å². The molecule has 50 valence electrons. The number of rotatable bonds is 2. The molecule has 2 nitrogen and oxygen atoms in total. The van der Waals surface area contributed by atoms with E-state index in [4.69, 9.17) is 4.74 Å². The molecule has 0 aromatic heterocycles. The summed E-state index contributed by atoms with van der Waals surface area (Å²) in [6, 6.07) is 0. The van der Waals surface area contributed by atoms with Crippen molar-refractivity contribution in [2.45, 2.75) is 20.0 Å². The minimum atomic E-state index is -0.125. The molecule has 0 amide bonds. The topological polar surface area (TPSA) is 26.3 Å². The molecule has 0 aliphatic rings. The van der Waals surface area contributed by atoms with Gasteiger partial charge < -0.3 is 4.74 Å². The lowest BCUT2D eigenvalue weighted by molar-refractivity contribution is -0.103. The molecular formula is C7H10O2. The fourth-order valence-corrected chi connectivity index (χ4v) is 0.443. The molecule has 0 aromatic carbocycles. The van der Waals surface area contributed by atoms with Crippen molar-refractivity contribution in [2.24, 2.45) is 0 Å². The van der Waals surface area contributed by atoms with Crippen molar-refractivity contribution in [2.75, 3.05) is 6.61 Å². The van der Waals surface area contributed by atoms with Crippen LogP contribution in [0.4, 0.5) is 0 Å². The van der Waals surface area contributed by atoms with E-state index in [-0.39, 0.29) is 6.10 Å². The van der Waals surface area contributed by atoms with Crippen molar-refractivity contribution in [3.8, 4) is 11.8 Å². The van der Waals surface area contributed by atoms with Crippen molar-refractivity contribution in [3.63, 3.8) is 0 Å². The van der Waals surface area contributed by atoms with Crippen LogP contribution in [-0.2, 0) is 9.53 Å². The van der Waals surface area contributed by atoms with Gasteiger partial charge in [-0.1, -0.05) is 5.92 Å². The van der Waals surface area contributed by atoms with Gasteiger partial charge in [-0.05, 0) is 19.8 Å². The third-order valence-electron chi connectivity index (χ3n) is 0.762. The number of aldehydes is 1. The molecule has 9 heavy (non-hydrogen) atoms. The molecule has 0 bridgehead atoms. The third kappa shape index (κ3) is 5.05. The van der Waals surface area contributed by atoms with Gasteiger partial charge in [0.25, 0.3) is 0 Å². The Labute approximate surface area is 55.2 Å². The normalized spacial score (nSPS) is 11.3. The van der Waals surface area contributed by atoms with E-state index in [0.717, 1.165) is 0 Å². The first-order chi connectivity index (χ1) is 4.31. The van der Waals surface area contributed by atoms with Crippen LogP contribution >= 0.6 is 0 Å². The van der Waals surface area contributed by atoms with Gasteiger partial charge in [-0.15, -0.1) is 0 Å². The Balaban J connectivity index is 3.47. The summed E-state index contributed by atoms with van der Waals surface area (Å²) in [6.45, 7) is 4.33. The fraction of sp³-hybridized carbons (Fsp3) is 0.571. The highest BCUT2D eigenvalue weighted by Crippen LogP contribution is 1.84. The molecule has 0 aliphatic carbocycles. The lowest BCUT2D eigenvalue weighted by Crippen LogP contribution is -2.03. The zero-order valence-electron chi connectivity index (χ0n) is 5.68. The van der Waals surface area contributed by atoms with E-state index < -0.39 is 0 Å². The standard InChI is InChI=1S/C7H10O2/c1-3-9-7(2)5-4-6-8/h6-7H,3H2,1-2H3. The third-order valence-corrected chi connectivity index (χ3v) is 0.762. The molecule has 0 aromatic rings. The van der Waals surface area contributed by atoms with E-state index in [1.807, 2.05) is 6.92 Å². The SMILES string of the molecule is CCOC(C)C#CC=O. The molecule has 0 heterocycles. The number of ether oxygens (including phenoxy) is 1. The quantitative estimate of drug-likeness (QED) is 0.400. The van der Waals surface area contributed by atoms with Crippen LogP contribution in [0.2, 0.25) is 0 Å². The van der Waals surface area contributed by atoms with Crippen LogP contribution in [0.1, 0.15) is 13.8 Å². The Hall–Kier alpha value is -0.810. The van der Waals surface area contributed by atoms with E-state index in [9.17, 15) is 4.79 Å². The molecule has 0 fully saturated rings. The first-order valence-corrected chi connectivity index (χ1v) is 2.87.